The van der Waals surface area contributed by atoms with Crippen molar-refractivity contribution < 1.29 is 18.7 Å². The number of halogens is 1. The molecule has 3 rings (SSSR count). The minimum atomic E-state index is -0.474. The third kappa shape index (κ3) is 3.16. The van der Waals surface area contributed by atoms with Gasteiger partial charge in [0.25, 0.3) is 5.91 Å². The van der Waals surface area contributed by atoms with Crippen molar-refractivity contribution in [1.29, 1.82) is 0 Å². The number of rotatable bonds is 4. The number of benzene rings is 1. The van der Waals surface area contributed by atoms with Crippen molar-refractivity contribution in [2.24, 2.45) is 0 Å². The Balaban J connectivity index is 1.80. The second-order valence-corrected chi connectivity index (χ2v) is 6.34. The lowest BCUT2D eigenvalue weighted by atomic mass is 9.94. The number of aromatic nitrogens is 1. The molecule has 132 valence electrons. The second-order valence-electron chi connectivity index (χ2n) is 6.34. The molecule has 1 aliphatic rings. The van der Waals surface area contributed by atoms with E-state index in [0.29, 0.717) is 28.8 Å². The second kappa shape index (κ2) is 6.70. The number of carbonyl (C=O) groups excluding carboxylic acids is 2. The maximum Gasteiger partial charge on any atom is 0.268 e. The molecule has 2 aromatic rings. The van der Waals surface area contributed by atoms with Gasteiger partial charge >= 0.3 is 0 Å². The van der Waals surface area contributed by atoms with Gasteiger partial charge in [-0.3, -0.25) is 9.59 Å². The van der Waals surface area contributed by atoms with Crippen LogP contribution in [0, 0.1) is 12.7 Å². The number of H-pyrrole nitrogens is 1. The average molecular weight is 344 g/mol. The fourth-order valence-corrected chi connectivity index (χ4v) is 3.31. The number of aromatic amines is 1. The number of fused-ring (bicyclic) bond motifs is 1. The maximum absolute atomic E-state index is 13.9. The van der Waals surface area contributed by atoms with Gasteiger partial charge in [-0.2, -0.15) is 0 Å². The Morgan fingerprint density at radius 2 is 2.12 bits per heavy atom. The summed E-state index contributed by atoms with van der Waals surface area (Å²) in [6.45, 7) is 3.56. The molecule has 25 heavy (non-hydrogen) atoms. The van der Waals surface area contributed by atoms with Crippen molar-refractivity contribution in [3.63, 3.8) is 0 Å². The van der Waals surface area contributed by atoms with Crippen LogP contribution in [0.5, 0.6) is 5.75 Å². The number of ether oxygens (including phenoxy) is 1. The molecule has 1 aromatic heterocycles. The number of hydrogen-bond acceptors (Lipinski definition) is 3. The lowest BCUT2D eigenvalue weighted by Gasteiger charge is -2.15. The van der Waals surface area contributed by atoms with Gasteiger partial charge in [-0.15, -0.1) is 0 Å². The molecule has 1 aromatic carbocycles. The average Bonchev–Trinajstić information content (AvgIpc) is 2.93. The minimum absolute atomic E-state index is 0.0827. The minimum Gasteiger partial charge on any atom is -0.494 e. The van der Waals surface area contributed by atoms with Crippen LogP contribution >= 0.6 is 0 Å². The monoisotopic (exact) mass is 344 g/mol. The first-order valence-electron chi connectivity index (χ1n) is 8.31. The number of nitrogens with one attached hydrogen (secondary N) is 2. The van der Waals surface area contributed by atoms with Crippen LogP contribution in [0.4, 0.5) is 4.39 Å². The van der Waals surface area contributed by atoms with E-state index in [0.717, 1.165) is 18.5 Å². The molecular weight excluding hydrogens is 323 g/mol. The zero-order chi connectivity index (χ0) is 18.1. The summed E-state index contributed by atoms with van der Waals surface area (Å²) in [5, 5.41) is 2.85. The van der Waals surface area contributed by atoms with E-state index in [2.05, 4.69) is 10.3 Å². The zero-order valence-corrected chi connectivity index (χ0v) is 14.5. The molecule has 2 N–H and O–H groups in total. The summed E-state index contributed by atoms with van der Waals surface area (Å²) in [5.74, 6) is -0.533. The number of carbonyl (C=O) groups is 2. The SMILES string of the molecule is COc1ccc([C@@H](C)NC(=O)c2[nH]c3c(c2C)C(=O)CCC3)cc1F. The molecule has 0 aliphatic heterocycles. The summed E-state index contributed by atoms with van der Waals surface area (Å²) < 4.78 is 18.8. The van der Waals surface area contributed by atoms with Crippen molar-refractivity contribution in [3.8, 4) is 5.75 Å². The fraction of sp³-hybridized carbons (Fsp3) is 0.368. The lowest BCUT2D eigenvalue weighted by Crippen LogP contribution is -2.27. The number of Topliss-reactive ketones (excluding diaryl/α,β-unsaturated/α-hetero) is 1. The van der Waals surface area contributed by atoms with Crippen LogP contribution in [0.25, 0.3) is 0 Å². The topological polar surface area (TPSA) is 71.2 Å². The molecular formula is C19H21FN2O3. The first-order chi connectivity index (χ1) is 11.9. The highest BCUT2D eigenvalue weighted by atomic mass is 19.1. The predicted octanol–water partition coefficient (Wildman–Crippen LogP) is 3.48. The molecule has 0 radical (unpaired) electrons. The Bertz CT molecular complexity index is 841. The van der Waals surface area contributed by atoms with Gasteiger partial charge in [0.1, 0.15) is 5.69 Å². The third-order valence-corrected chi connectivity index (χ3v) is 4.69. The van der Waals surface area contributed by atoms with Gasteiger partial charge in [-0.1, -0.05) is 6.07 Å². The third-order valence-electron chi connectivity index (χ3n) is 4.69. The number of aryl methyl sites for hydroxylation is 1. The Hall–Kier alpha value is -2.63. The van der Waals surface area contributed by atoms with E-state index in [1.54, 1.807) is 19.9 Å². The molecule has 0 unspecified atom stereocenters. The van der Waals surface area contributed by atoms with E-state index in [1.165, 1.54) is 19.2 Å². The van der Waals surface area contributed by atoms with Crippen LogP contribution in [0.15, 0.2) is 18.2 Å². The molecule has 6 heteroatoms. The van der Waals surface area contributed by atoms with Crippen molar-refractivity contribution in [2.75, 3.05) is 7.11 Å². The number of amides is 1. The van der Waals surface area contributed by atoms with Gasteiger partial charge in [0.05, 0.1) is 13.2 Å². The molecule has 1 heterocycles. The van der Waals surface area contributed by atoms with Crippen molar-refractivity contribution in [2.45, 2.75) is 39.2 Å². The molecule has 5 nitrogen and oxygen atoms in total. The van der Waals surface area contributed by atoms with Crippen molar-refractivity contribution in [1.82, 2.24) is 10.3 Å². The highest BCUT2D eigenvalue weighted by Crippen LogP contribution is 2.27. The van der Waals surface area contributed by atoms with E-state index in [-0.39, 0.29) is 23.5 Å². The summed E-state index contributed by atoms with van der Waals surface area (Å²) in [6, 6.07) is 4.20. The molecule has 0 fully saturated rings. The smallest absolute Gasteiger partial charge is 0.268 e. The molecule has 1 atom stereocenters. The van der Waals surface area contributed by atoms with Crippen LogP contribution < -0.4 is 10.1 Å². The molecule has 0 saturated carbocycles. The fourth-order valence-electron chi connectivity index (χ4n) is 3.31. The maximum atomic E-state index is 13.9. The first kappa shape index (κ1) is 17.2. The highest BCUT2D eigenvalue weighted by molar-refractivity contribution is 6.04. The summed E-state index contributed by atoms with van der Waals surface area (Å²) in [4.78, 5) is 27.8. The van der Waals surface area contributed by atoms with Gasteiger partial charge in [0.15, 0.2) is 17.3 Å². The van der Waals surface area contributed by atoms with Crippen LogP contribution in [-0.4, -0.2) is 23.8 Å². The number of hydrogen-bond donors (Lipinski definition) is 2. The molecule has 1 aliphatic carbocycles. The van der Waals surface area contributed by atoms with Crippen LogP contribution in [0.1, 0.15) is 63.5 Å². The summed E-state index contributed by atoms with van der Waals surface area (Å²) in [7, 11) is 1.40. The predicted molar refractivity (Wildman–Crippen MR) is 91.6 cm³/mol. The van der Waals surface area contributed by atoms with Crippen LogP contribution in [-0.2, 0) is 6.42 Å². The number of ketones is 1. The van der Waals surface area contributed by atoms with Gasteiger partial charge in [-0.05, 0) is 49.9 Å². The summed E-state index contributed by atoms with van der Waals surface area (Å²) in [6.07, 6.45) is 2.09. The Morgan fingerprint density at radius 3 is 2.76 bits per heavy atom. The van der Waals surface area contributed by atoms with Crippen LogP contribution in [0.3, 0.4) is 0 Å². The normalized spacial score (nSPS) is 14.8. The van der Waals surface area contributed by atoms with Gasteiger partial charge in [-0.25, -0.2) is 4.39 Å². The molecule has 1 amide bonds. The van der Waals surface area contributed by atoms with E-state index in [9.17, 15) is 14.0 Å². The molecule has 0 spiro atoms. The summed E-state index contributed by atoms with van der Waals surface area (Å²) in [5.41, 5.74) is 3.21. The Labute approximate surface area is 145 Å². The molecule has 0 bridgehead atoms. The van der Waals surface area contributed by atoms with E-state index >= 15 is 0 Å². The largest absolute Gasteiger partial charge is 0.494 e. The van der Waals surface area contributed by atoms with Gasteiger partial charge < -0.3 is 15.0 Å². The standard InChI is InChI=1S/C19H21FN2O3/c1-10-17-14(5-4-6-15(17)23)22-18(10)19(24)21-11(2)12-7-8-16(25-3)13(20)9-12/h7-9,11,22H,4-6H2,1-3H3,(H,21,24)/t11-/m1/s1. The highest BCUT2D eigenvalue weighted by Gasteiger charge is 2.26. The number of methoxy groups -OCH3 is 1. The van der Waals surface area contributed by atoms with Crippen molar-refractivity contribution in [3.05, 3.63) is 52.1 Å². The Kier molecular flexibility index (Phi) is 4.61. The van der Waals surface area contributed by atoms with Gasteiger partial charge in [0, 0.05) is 17.7 Å². The first-order valence-corrected chi connectivity index (χ1v) is 8.31. The summed E-state index contributed by atoms with van der Waals surface area (Å²) >= 11 is 0. The van der Waals surface area contributed by atoms with E-state index in [4.69, 9.17) is 4.74 Å². The lowest BCUT2D eigenvalue weighted by molar-refractivity contribution is 0.0934. The quantitative estimate of drug-likeness (QED) is 0.892. The molecule has 0 saturated heterocycles. The zero-order valence-electron chi connectivity index (χ0n) is 14.5. The van der Waals surface area contributed by atoms with Gasteiger partial charge in [0.2, 0.25) is 0 Å². The van der Waals surface area contributed by atoms with Crippen molar-refractivity contribution >= 4 is 11.7 Å². The Morgan fingerprint density at radius 1 is 1.36 bits per heavy atom. The van der Waals surface area contributed by atoms with E-state index < -0.39 is 5.82 Å². The van der Waals surface area contributed by atoms with E-state index in [1.807, 2.05) is 0 Å². The van der Waals surface area contributed by atoms with Crippen LogP contribution in [0.2, 0.25) is 0 Å².